The van der Waals surface area contributed by atoms with Crippen LogP contribution in [0.15, 0.2) is 72.8 Å². The third-order valence-electron chi connectivity index (χ3n) is 6.77. The summed E-state index contributed by atoms with van der Waals surface area (Å²) in [6.07, 6.45) is 2.99. The van der Waals surface area contributed by atoms with Crippen molar-refractivity contribution < 1.29 is 19.4 Å². The predicted molar refractivity (Wildman–Crippen MR) is 142 cm³/mol. The van der Waals surface area contributed by atoms with Gasteiger partial charge in [0.2, 0.25) is 0 Å². The van der Waals surface area contributed by atoms with E-state index in [1.54, 1.807) is 19.2 Å². The Morgan fingerprint density at radius 1 is 1.00 bits per heavy atom. The number of carbonyl (C=O) groups is 1. The Hall–Kier alpha value is -4.26. The average molecular weight is 498 g/mol. The molecule has 7 nitrogen and oxygen atoms in total. The lowest BCUT2D eigenvalue weighted by Crippen LogP contribution is -2.30. The third-order valence-corrected chi connectivity index (χ3v) is 6.77. The second kappa shape index (κ2) is 10.8. The summed E-state index contributed by atoms with van der Waals surface area (Å²) >= 11 is 0. The van der Waals surface area contributed by atoms with Crippen LogP contribution >= 0.6 is 0 Å². The number of hydrogen-bond acceptors (Lipinski definition) is 5. The maximum Gasteiger partial charge on any atom is 0.273 e. The molecule has 2 heterocycles. The van der Waals surface area contributed by atoms with Gasteiger partial charge in [-0.15, -0.1) is 0 Å². The maximum absolute atomic E-state index is 13.5. The van der Waals surface area contributed by atoms with Crippen LogP contribution < -0.4 is 9.47 Å². The zero-order chi connectivity index (χ0) is 25.8. The van der Waals surface area contributed by atoms with Crippen molar-refractivity contribution in [2.24, 2.45) is 0 Å². The van der Waals surface area contributed by atoms with Gasteiger partial charge in [-0.25, -0.2) is 0 Å². The van der Waals surface area contributed by atoms with Crippen LogP contribution in [0, 0.1) is 0 Å². The number of para-hydroxylation sites is 1. The number of H-pyrrole nitrogens is 1. The Kier molecular flexibility index (Phi) is 7.12. The van der Waals surface area contributed by atoms with E-state index in [1.807, 2.05) is 65.6 Å². The first kappa shape index (κ1) is 24.4. The highest BCUT2D eigenvalue weighted by Gasteiger charge is 2.42. The summed E-state index contributed by atoms with van der Waals surface area (Å²) in [6, 6.07) is 22.5. The van der Waals surface area contributed by atoms with Gasteiger partial charge in [-0.3, -0.25) is 9.89 Å². The Labute approximate surface area is 216 Å². The van der Waals surface area contributed by atoms with Gasteiger partial charge >= 0.3 is 0 Å². The first-order valence-electron chi connectivity index (χ1n) is 12.6. The number of aromatic amines is 1. The molecule has 7 heteroatoms. The predicted octanol–water partition coefficient (Wildman–Crippen LogP) is 6.11. The van der Waals surface area contributed by atoms with Crippen molar-refractivity contribution in [3.05, 3.63) is 95.2 Å². The van der Waals surface area contributed by atoms with Gasteiger partial charge in [0.1, 0.15) is 23.7 Å². The Bertz CT molecular complexity index is 1380. The first-order chi connectivity index (χ1) is 18.1. The van der Waals surface area contributed by atoms with Gasteiger partial charge in [0.05, 0.1) is 13.2 Å². The van der Waals surface area contributed by atoms with E-state index in [0.29, 0.717) is 41.6 Å². The van der Waals surface area contributed by atoms with Crippen LogP contribution in [0.1, 0.15) is 59.4 Å². The Morgan fingerprint density at radius 3 is 2.54 bits per heavy atom. The molecule has 0 saturated carbocycles. The molecular formula is C30H31N3O4. The minimum Gasteiger partial charge on any atom is -0.507 e. The van der Waals surface area contributed by atoms with E-state index in [-0.39, 0.29) is 17.7 Å². The van der Waals surface area contributed by atoms with Crippen LogP contribution in [0.4, 0.5) is 0 Å². The number of nitrogens with one attached hydrogen (secondary N) is 1. The van der Waals surface area contributed by atoms with Gasteiger partial charge < -0.3 is 19.5 Å². The molecule has 0 saturated heterocycles. The Balaban J connectivity index is 1.54. The largest absolute Gasteiger partial charge is 0.507 e. The second-order valence-electron chi connectivity index (χ2n) is 9.17. The molecule has 1 aliphatic heterocycles. The number of unbranched alkanes of at least 4 members (excludes halogenated alkanes) is 2. The first-order valence-corrected chi connectivity index (χ1v) is 12.6. The molecule has 0 spiro atoms. The lowest BCUT2D eigenvalue weighted by atomic mass is 9.95. The van der Waals surface area contributed by atoms with E-state index in [9.17, 15) is 9.90 Å². The molecule has 0 aliphatic carbocycles. The number of aromatic nitrogens is 2. The molecule has 1 aromatic heterocycles. The fraction of sp³-hybridized carbons (Fsp3) is 0.267. The molecule has 0 bridgehead atoms. The molecule has 1 atom stereocenters. The van der Waals surface area contributed by atoms with E-state index in [2.05, 4.69) is 17.1 Å². The van der Waals surface area contributed by atoms with Gasteiger partial charge in [-0.1, -0.05) is 68.3 Å². The maximum atomic E-state index is 13.5. The van der Waals surface area contributed by atoms with Crippen molar-refractivity contribution in [1.29, 1.82) is 0 Å². The van der Waals surface area contributed by atoms with Crippen LogP contribution in [-0.4, -0.2) is 39.8 Å². The topological polar surface area (TPSA) is 87.7 Å². The Morgan fingerprint density at radius 2 is 1.78 bits per heavy atom. The van der Waals surface area contributed by atoms with E-state index in [0.717, 1.165) is 36.0 Å². The van der Waals surface area contributed by atoms with Crippen LogP contribution in [0.3, 0.4) is 0 Å². The molecule has 3 aromatic carbocycles. The van der Waals surface area contributed by atoms with Gasteiger partial charge in [-0.05, 0) is 41.8 Å². The number of aromatic hydroxyl groups is 1. The van der Waals surface area contributed by atoms with E-state index in [4.69, 9.17) is 9.47 Å². The standard InChI is InChI=1S/C30H31N3O4/c1-3-4-10-17-33-29(26-27(31-32-28(26)30(33)35)22-13-8-9-14-23(22)34)21-15-16-24(25(18-21)36-2)37-19-20-11-6-5-7-12-20/h5-9,11-16,18,29,34H,3-4,10,17,19H2,1-2H3,(H,31,32). The summed E-state index contributed by atoms with van der Waals surface area (Å²) in [5.74, 6) is 1.25. The van der Waals surface area contributed by atoms with E-state index >= 15 is 0 Å². The summed E-state index contributed by atoms with van der Waals surface area (Å²) in [7, 11) is 1.62. The number of ether oxygens (including phenoxy) is 2. The van der Waals surface area contributed by atoms with Gasteiger partial charge in [-0.2, -0.15) is 5.10 Å². The van der Waals surface area contributed by atoms with Crippen molar-refractivity contribution in [3.8, 4) is 28.5 Å². The van der Waals surface area contributed by atoms with Crippen molar-refractivity contribution >= 4 is 5.91 Å². The highest BCUT2D eigenvalue weighted by atomic mass is 16.5. The fourth-order valence-corrected chi connectivity index (χ4v) is 4.89. The molecule has 1 unspecified atom stereocenters. The second-order valence-corrected chi connectivity index (χ2v) is 9.17. The number of fused-ring (bicyclic) bond motifs is 1. The van der Waals surface area contributed by atoms with Crippen molar-refractivity contribution in [3.63, 3.8) is 0 Å². The minimum absolute atomic E-state index is 0.0892. The molecule has 4 aromatic rings. The van der Waals surface area contributed by atoms with Gasteiger partial charge in [0, 0.05) is 17.7 Å². The molecule has 2 N–H and O–H groups in total. The molecular weight excluding hydrogens is 466 g/mol. The molecule has 1 amide bonds. The zero-order valence-corrected chi connectivity index (χ0v) is 21.1. The molecule has 5 rings (SSSR count). The number of amides is 1. The summed E-state index contributed by atoms with van der Waals surface area (Å²) in [4.78, 5) is 15.4. The van der Waals surface area contributed by atoms with Gasteiger partial charge in [0.25, 0.3) is 5.91 Å². The normalized spacial score (nSPS) is 14.6. The van der Waals surface area contributed by atoms with Crippen LogP contribution in [0.25, 0.3) is 11.3 Å². The molecule has 0 radical (unpaired) electrons. The van der Waals surface area contributed by atoms with Crippen LogP contribution in [0.5, 0.6) is 17.2 Å². The van der Waals surface area contributed by atoms with Crippen LogP contribution in [-0.2, 0) is 6.61 Å². The monoisotopic (exact) mass is 497 g/mol. The average Bonchev–Trinajstić information content (AvgIpc) is 3.47. The lowest BCUT2D eigenvalue weighted by Gasteiger charge is -2.27. The van der Waals surface area contributed by atoms with E-state index in [1.165, 1.54) is 0 Å². The SMILES string of the molecule is CCCCCN1C(=O)c2[nH]nc(-c3ccccc3O)c2C1c1ccc(OCc2ccccc2)c(OC)c1. The quantitative estimate of drug-likeness (QED) is 0.258. The lowest BCUT2D eigenvalue weighted by molar-refractivity contribution is 0.0740. The number of carbonyl (C=O) groups excluding carboxylic acids is 1. The van der Waals surface area contributed by atoms with E-state index < -0.39 is 0 Å². The number of rotatable bonds is 10. The fourth-order valence-electron chi connectivity index (χ4n) is 4.89. The molecule has 37 heavy (non-hydrogen) atoms. The summed E-state index contributed by atoms with van der Waals surface area (Å²) < 4.78 is 11.8. The summed E-state index contributed by atoms with van der Waals surface area (Å²) in [5.41, 5.74) is 4.35. The number of phenols is 1. The summed E-state index contributed by atoms with van der Waals surface area (Å²) in [6.45, 7) is 3.19. The number of hydrogen-bond donors (Lipinski definition) is 2. The highest BCUT2D eigenvalue weighted by molar-refractivity contribution is 6.00. The molecule has 190 valence electrons. The summed E-state index contributed by atoms with van der Waals surface area (Å²) in [5, 5.41) is 18.0. The molecule has 0 fully saturated rings. The number of benzene rings is 3. The minimum atomic E-state index is -0.371. The van der Waals surface area contributed by atoms with Crippen molar-refractivity contribution in [2.45, 2.75) is 38.8 Å². The number of phenolic OH excluding ortho intramolecular Hbond substituents is 1. The zero-order valence-electron chi connectivity index (χ0n) is 21.1. The number of nitrogens with zero attached hydrogens (tertiary/aromatic N) is 2. The number of methoxy groups -OCH3 is 1. The third kappa shape index (κ3) is 4.77. The van der Waals surface area contributed by atoms with Gasteiger partial charge in [0.15, 0.2) is 11.5 Å². The van der Waals surface area contributed by atoms with Crippen LogP contribution in [0.2, 0.25) is 0 Å². The highest BCUT2D eigenvalue weighted by Crippen LogP contribution is 2.46. The molecule has 1 aliphatic rings. The van der Waals surface area contributed by atoms with Crippen molar-refractivity contribution in [1.82, 2.24) is 15.1 Å². The van der Waals surface area contributed by atoms with Crippen molar-refractivity contribution in [2.75, 3.05) is 13.7 Å². The smallest absolute Gasteiger partial charge is 0.273 e.